The molecule has 1 unspecified atom stereocenters. The van der Waals surface area contributed by atoms with Crippen LogP contribution in [0.4, 0.5) is 0 Å². The van der Waals surface area contributed by atoms with Crippen molar-refractivity contribution in [3.05, 3.63) is 71.3 Å². The maximum atomic E-state index is 10.5. The van der Waals surface area contributed by atoms with Gasteiger partial charge in [0.05, 0.1) is 0 Å². The molecule has 0 radical (unpaired) electrons. The topological polar surface area (TPSA) is 20.2 Å². The molecule has 1 aliphatic carbocycles. The first-order valence-electron chi connectivity index (χ1n) is 5.17. The first-order chi connectivity index (χ1) is 7.31. The van der Waals surface area contributed by atoms with E-state index in [9.17, 15) is 5.11 Å². The third kappa shape index (κ3) is 1.13. The van der Waals surface area contributed by atoms with Crippen LogP contribution in [-0.4, -0.2) is 5.11 Å². The molecule has 2 aromatic rings. The van der Waals surface area contributed by atoms with E-state index in [4.69, 9.17) is 0 Å². The summed E-state index contributed by atoms with van der Waals surface area (Å²) < 4.78 is 0. The molecule has 0 amide bonds. The summed E-state index contributed by atoms with van der Waals surface area (Å²) in [6.45, 7) is 0. The molecule has 0 spiro atoms. The van der Waals surface area contributed by atoms with Gasteiger partial charge in [-0.25, -0.2) is 0 Å². The van der Waals surface area contributed by atoms with E-state index in [1.54, 1.807) is 0 Å². The zero-order chi connectivity index (χ0) is 10.3. The van der Waals surface area contributed by atoms with Gasteiger partial charge in [-0.3, -0.25) is 0 Å². The van der Waals surface area contributed by atoms with Crippen molar-refractivity contribution >= 4 is 0 Å². The van der Waals surface area contributed by atoms with Gasteiger partial charge in [0, 0.05) is 6.42 Å². The van der Waals surface area contributed by atoms with Crippen molar-refractivity contribution in [2.24, 2.45) is 0 Å². The van der Waals surface area contributed by atoms with Crippen LogP contribution in [0.1, 0.15) is 16.7 Å². The molecular weight excluding hydrogens is 184 g/mol. The van der Waals surface area contributed by atoms with Crippen LogP contribution in [0.25, 0.3) is 0 Å². The summed E-state index contributed by atoms with van der Waals surface area (Å²) in [5, 5.41) is 10.5. The zero-order valence-corrected chi connectivity index (χ0v) is 8.35. The molecule has 0 aliphatic heterocycles. The minimum Gasteiger partial charge on any atom is -0.380 e. The number of aliphatic hydroxyl groups is 1. The van der Waals surface area contributed by atoms with E-state index >= 15 is 0 Å². The van der Waals surface area contributed by atoms with Gasteiger partial charge in [-0.15, -0.1) is 0 Å². The van der Waals surface area contributed by atoms with Gasteiger partial charge in [-0.2, -0.15) is 0 Å². The summed E-state index contributed by atoms with van der Waals surface area (Å²) in [4.78, 5) is 0. The second-order valence-electron chi connectivity index (χ2n) is 4.06. The average Bonchev–Trinajstić information content (AvgIpc) is 2.29. The Kier molecular flexibility index (Phi) is 1.70. The Hall–Kier alpha value is -1.60. The molecule has 1 heteroatoms. The van der Waals surface area contributed by atoms with Crippen molar-refractivity contribution in [3.8, 4) is 0 Å². The lowest BCUT2D eigenvalue weighted by Crippen LogP contribution is -2.39. The van der Waals surface area contributed by atoms with E-state index < -0.39 is 5.60 Å². The fraction of sp³-hybridized carbons (Fsp3) is 0.143. The summed E-state index contributed by atoms with van der Waals surface area (Å²) in [6, 6.07) is 17.9. The van der Waals surface area contributed by atoms with E-state index in [0.717, 1.165) is 17.5 Å². The molecule has 0 aromatic heterocycles. The smallest absolute Gasteiger partial charge is 0.119 e. The Morgan fingerprint density at radius 1 is 0.867 bits per heavy atom. The summed E-state index contributed by atoms with van der Waals surface area (Å²) in [5.74, 6) is 0. The van der Waals surface area contributed by atoms with E-state index in [1.165, 1.54) is 5.56 Å². The number of hydrogen-bond acceptors (Lipinski definition) is 1. The van der Waals surface area contributed by atoms with Crippen LogP contribution in [0.5, 0.6) is 0 Å². The SMILES string of the molecule is OC1(c2ccccc2)Cc2ccccc21. The van der Waals surface area contributed by atoms with Crippen LogP contribution >= 0.6 is 0 Å². The van der Waals surface area contributed by atoms with Crippen LogP contribution in [0.15, 0.2) is 54.6 Å². The molecule has 0 bridgehead atoms. The van der Waals surface area contributed by atoms with E-state index in [1.807, 2.05) is 48.5 Å². The highest BCUT2D eigenvalue weighted by Gasteiger charge is 2.41. The predicted molar refractivity (Wildman–Crippen MR) is 59.6 cm³/mol. The van der Waals surface area contributed by atoms with Crippen molar-refractivity contribution in [1.29, 1.82) is 0 Å². The van der Waals surface area contributed by atoms with Crippen molar-refractivity contribution in [2.75, 3.05) is 0 Å². The molecule has 1 aliphatic rings. The lowest BCUT2D eigenvalue weighted by atomic mass is 9.70. The minimum atomic E-state index is -0.752. The third-order valence-electron chi connectivity index (χ3n) is 3.16. The highest BCUT2D eigenvalue weighted by atomic mass is 16.3. The van der Waals surface area contributed by atoms with Gasteiger partial charge in [0.15, 0.2) is 0 Å². The Morgan fingerprint density at radius 2 is 1.53 bits per heavy atom. The van der Waals surface area contributed by atoms with Crippen LogP contribution < -0.4 is 0 Å². The standard InChI is InChI=1S/C14H12O/c15-14(12-7-2-1-3-8-12)10-11-6-4-5-9-13(11)14/h1-9,15H,10H2. The normalized spacial score (nSPS) is 23.0. The maximum absolute atomic E-state index is 10.5. The van der Waals surface area contributed by atoms with Gasteiger partial charge >= 0.3 is 0 Å². The fourth-order valence-corrected chi connectivity index (χ4v) is 2.31. The van der Waals surface area contributed by atoms with Gasteiger partial charge in [-0.05, 0) is 16.7 Å². The van der Waals surface area contributed by atoms with Gasteiger partial charge in [0.25, 0.3) is 0 Å². The van der Waals surface area contributed by atoms with Gasteiger partial charge in [0.2, 0.25) is 0 Å². The molecule has 0 fully saturated rings. The number of hydrogen-bond donors (Lipinski definition) is 1. The van der Waals surface area contributed by atoms with Crippen molar-refractivity contribution < 1.29 is 5.11 Å². The monoisotopic (exact) mass is 196 g/mol. The molecule has 1 N–H and O–H groups in total. The molecule has 15 heavy (non-hydrogen) atoms. The summed E-state index contributed by atoms with van der Waals surface area (Å²) in [6.07, 6.45) is 0.729. The van der Waals surface area contributed by atoms with E-state index in [2.05, 4.69) is 6.07 Å². The Labute approximate surface area is 89.0 Å². The molecular formula is C14H12O. The van der Waals surface area contributed by atoms with Crippen LogP contribution in [-0.2, 0) is 12.0 Å². The van der Waals surface area contributed by atoms with Gasteiger partial charge in [-0.1, -0.05) is 54.6 Å². The van der Waals surface area contributed by atoms with E-state index in [0.29, 0.717) is 0 Å². The largest absolute Gasteiger partial charge is 0.380 e. The fourth-order valence-electron chi connectivity index (χ4n) is 2.31. The Balaban J connectivity index is 2.10. The van der Waals surface area contributed by atoms with Crippen LogP contribution in [0.2, 0.25) is 0 Å². The van der Waals surface area contributed by atoms with Gasteiger partial charge < -0.3 is 5.11 Å². The van der Waals surface area contributed by atoms with Crippen LogP contribution in [0, 0.1) is 0 Å². The van der Waals surface area contributed by atoms with E-state index in [-0.39, 0.29) is 0 Å². The second kappa shape index (κ2) is 2.94. The summed E-state index contributed by atoms with van der Waals surface area (Å²) >= 11 is 0. The molecule has 1 atom stereocenters. The number of rotatable bonds is 1. The second-order valence-corrected chi connectivity index (χ2v) is 4.06. The maximum Gasteiger partial charge on any atom is 0.119 e. The number of benzene rings is 2. The van der Waals surface area contributed by atoms with Crippen molar-refractivity contribution in [2.45, 2.75) is 12.0 Å². The average molecular weight is 196 g/mol. The summed E-state index contributed by atoms with van der Waals surface area (Å²) in [5.41, 5.74) is 2.54. The Bertz CT molecular complexity index is 490. The quantitative estimate of drug-likeness (QED) is 0.743. The lowest BCUT2D eigenvalue weighted by Gasteiger charge is -2.39. The molecule has 0 heterocycles. The van der Waals surface area contributed by atoms with Crippen molar-refractivity contribution in [1.82, 2.24) is 0 Å². The molecule has 2 aromatic carbocycles. The van der Waals surface area contributed by atoms with Gasteiger partial charge in [0.1, 0.15) is 5.60 Å². The van der Waals surface area contributed by atoms with Crippen molar-refractivity contribution in [3.63, 3.8) is 0 Å². The third-order valence-corrected chi connectivity index (χ3v) is 3.16. The highest BCUT2D eigenvalue weighted by Crippen LogP contribution is 2.43. The van der Waals surface area contributed by atoms with Crippen LogP contribution in [0.3, 0.4) is 0 Å². The predicted octanol–water partition coefficient (Wildman–Crippen LogP) is 2.48. The molecule has 3 rings (SSSR count). The summed E-state index contributed by atoms with van der Waals surface area (Å²) in [7, 11) is 0. The molecule has 0 saturated heterocycles. The highest BCUT2D eigenvalue weighted by molar-refractivity contribution is 5.50. The number of fused-ring (bicyclic) bond motifs is 1. The molecule has 74 valence electrons. The first kappa shape index (κ1) is 8.69. The first-order valence-corrected chi connectivity index (χ1v) is 5.17. The lowest BCUT2D eigenvalue weighted by molar-refractivity contribution is 0.0563. The molecule has 0 saturated carbocycles. The Morgan fingerprint density at radius 3 is 2.27 bits per heavy atom. The molecule has 1 nitrogen and oxygen atoms in total. The minimum absolute atomic E-state index is 0.729. The zero-order valence-electron chi connectivity index (χ0n) is 8.35.